The van der Waals surface area contributed by atoms with Gasteiger partial charge in [0.1, 0.15) is 6.33 Å². The first-order chi connectivity index (χ1) is 9.22. The Morgan fingerprint density at radius 3 is 2.58 bits per heavy atom. The zero-order valence-corrected chi connectivity index (χ0v) is 9.78. The average molecular weight is 261 g/mol. The Hall–Kier alpha value is -2.81. The fraction of sp³-hybridized carbons (Fsp3) is 0.100. The first-order valence-electron chi connectivity index (χ1n) is 5.31. The van der Waals surface area contributed by atoms with Gasteiger partial charge in [0.2, 0.25) is 11.6 Å². The van der Waals surface area contributed by atoms with E-state index >= 15 is 0 Å². The lowest BCUT2D eigenvalue weighted by Gasteiger charge is -2.07. The van der Waals surface area contributed by atoms with Crippen LogP contribution in [0.3, 0.4) is 0 Å². The fourth-order valence-electron chi connectivity index (χ4n) is 1.47. The minimum Gasteiger partial charge on any atom is -0.360 e. The van der Waals surface area contributed by atoms with E-state index in [0.717, 1.165) is 5.56 Å². The molecule has 19 heavy (non-hydrogen) atoms. The van der Waals surface area contributed by atoms with E-state index in [0.29, 0.717) is 6.54 Å². The summed E-state index contributed by atoms with van der Waals surface area (Å²) in [5, 5.41) is 13.9. The molecule has 0 spiro atoms. The summed E-state index contributed by atoms with van der Waals surface area (Å²) in [6.45, 7) is 0.379. The predicted octanol–water partition coefficient (Wildman–Crippen LogP) is 0.677. The number of hydrogen-bond donors (Lipinski definition) is 3. The van der Waals surface area contributed by atoms with Crippen LogP contribution in [0, 0.1) is 10.1 Å². The van der Waals surface area contributed by atoms with Crippen molar-refractivity contribution in [1.29, 1.82) is 0 Å². The molecule has 0 aliphatic heterocycles. The van der Waals surface area contributed by atoms with Crippen LogP contribution in [0.4, 0.5) is 17.3 Å². The van der Waals surface area contributed by atoms with Crippen LogP contribution in [0.2, 0.25) is 0 Å². The van der Waals surface area contributed by atoms with Crippen molar-refractivity contribution in [2.24, 2.45) is 5.84 Å². The maximum atomic E-state index is 11.0. The van der Waals surface area contributed by atoms with Crippen LogP contribution in [-0.2, 0) is 6.54 Å². The molecule has 0 unspecified atom stereocenters. The summed E-state index contributed by atoms with van der Waals surface area (Å²) in [7, 11) is 0. The number of nitrogens with one attached hydrogen (secondary N) is 2. The lowest BCUT2D eigenvalue weighted by Crippen LogP contribution is -2.13. The summed E-state index contributed by atoms with van der Waals surface area (Å²) in [6, 6.07) is 3.59. The van der Waals surface area contributed by atoms with E-state index in [1.54, 1.807) is 24.5 Å². The number of rotatable bonds is 5. The Kier molecular flexibility index (Phi) is 3.78. The van der Waals surface area contributed by atoms with Gasteiger partial charge in [0.15, 0.2) is 0 Å². The molecule has 2 aromatic rings. The number of aromatic nitrogens is 3. The van der Waals surface area contributed by atoms with Crippen molar-refractivity contribution in [3.8, 4) is 0 Å². The predicted molar refractivity (Wildman–Crippen MR) is 68.1 cm³/mol. The van der Waals surface area contributed by atoms with Gasteiger partial charge in [-0.05, 0) is 17.7 Å². The number of pyridine rings is 1. The van der Waals surface area contributed by atoms with Gasteiger partial charge in [0.05, 0.1) is 4.92 Å². The maximum absolute atomic E-state index is 11.0. The standard InChI is InChI=1S/C10H11N7O2/c11-16-10-8(17(18)19)9(14-6-15-10)13-5-7-1-3-12-4-2-7/h1-4,6H,5,11H2,(H2,13,14,15,16). The van der Waals surface area contributed by atoms with Gasteiger partial charge in [0.25, 0.3) is 0 Å². The number of nitrogen functional groups attached to an aromatic ring is 1. The molecule has 0 aliphatic carbocycles. The maximum Gasteiger partial charge on any atom is 0.354 e. The van der Waals surface area contributed by atoms with Crippen LogP contribution in [0.5, 0.6) is 0 Å². The first kappa shape index (κ1) is 12.6. The van der Waals surface area contributed by atoms with Crippen LogP contribution < -0.4 is 16.6 Å². The molecule has 0 radical (unpaired) electrons. The van der Waals surface area contributed by atoms with E-state index in [9.17, 15) is 10.1 Å². The van der Waals surface area contributed by atoms with Crippen molar-refractivity contribution < 1.29 is 4.92 Å². The van der Waals surface area contributed by atoms with Gasteiger partial charge < -0.3 is 10.7 Å². The van der Waals surface area contributed by atoms with Crippen LogP contribution in [0.1, 0.15) is 5.56 Å². The van der Waals surface area contributed by atoms with Crippen molar-refractivity contribution >= 4 is 17.3 Å². The lowest BCUT2D eigenvalue weighted by molar-refractivity contribution is -0.383. The van der Waals surface area contributed by atoms with Crippen LogP contribution in [0.25, 0.3) is 0 Å². The number of nitrogens with zero attached hydrogens (tertiary/aromatic N) is 4. The lowest BCUT2D eigenvalue weighted by atomic mass is 10.2. The van der Waals surface area contributed by atoms with Gasteiger partial charge in [-0.1, -0.05) is 0 Å². The van der Waals surface area contributed by atoms with E-state index in [-0.39, 0.29) is 17.3 Å². The molecule has 2 rings (SSSR count). The Morgan fingerprint density at radius 2 is 1.95 bits per heavy atom. The number of hydrazine groups is 1. The van der Waals surface area contributed by atoms with E-state index in [4.69, 9.17) is 5.84 Å². The van der Waals surface area contributed by atoms with Gasteiger partial charge in [-0.3, -0.25) is 15.1 Å². The highest BCUT2D eigenvalue weighted by Crippen LogP contribution is 2.28. The van der Waals surface area contributed by atoms with Gasteiger partial charge in [-0.2, -0.15) is 0 Å². The third-order valence-corrected chi connectivity index (χ3v) is 2.35. The molecular weight excluding hydrogens is 250 g/mol. The smallest absolute Gasteiger partial charge is 0.354 e. The molecule has 2 aromatic heterocycles. The summed E-state index contributed by atoms with van der Waals surface area (Å²) in [5.74, 6) is 5.24. The van der Waals surface area contributed by atoms with Crippen molar-refractivity contribution in [1.82, 2.24) is 15.0 Å². The SMILES string of the molecule is NNc1ncnc(NCc2ccncc2)c1[N+](=O)[O-]. The zero-order chi connectivity index (χ0) is 13.7. The molecule has 0 saturated carbocycles. The Morgan fingerprint density at radius 1 is 1.26 bits per heavy atom. The third-order valence-electron chi connectivity index (χ3n) is 2.35. The van der Waals surface area contributed by atoms with E-state index in [1.165, 1.54) is 6.33 Å². The van der Waals surface area contributed by atoms with Crippen LogP contribution in [-0.4, -0.2) is 19.9 Å². The van der Waals surface area contributed by atoms with Crippen LogP contribution in [0.15, 0.2) is 30.9 Å². The Bertz CT molecular complexity index is 575. The summed E-state index contributed by atoms with van der Waals surface area (Å²) >= 11 is 0. The van der Waals surface area contributed by atoms with Crippen molar-refractivity contribution in [3.63, 3.8) is 0 Å². The van der Waals surface area contributed by atoms with Gasteiger partial charge in [-0.25, -0.2) is 15.8 Å². The van der Waals surface area contributed by atoms with Crippen molar-refractivity contribution in [3.05, 3.63) is 46.5 Å². The number of nitrogens with two attached hydrogens (primary N) is 1. The van der Waals surface area contributed by atoms with E-state index in [1.807, 2.05) is 0 Å². The normalized spacial score (nSPS) is 9.95. The fourth-order valence-corrected chi connectivity index (χ4v) is 1.47. The summed E-state index contributed by atoms with van der Waals surface area (Å²) < 4.78 is 0. The largest absolute Gasteiger partial charge is 0.360 e. The molecule has 0 aliphatic rings. The molecule has 0 saturated heterocycles. The average Bonchev–Trinajstić information content (AvgIpc) is 2.45. The van der Waals surface area contributed by atoms with Crippen LogP contribution >= 0.6 is 0 Å². The monoisotopic (exact) mass is 261 g/mol. The molecule has 9 heteroatoms. The second-order valence-corrected chi connectivity index (χ2v) is 3.53. The summed E-state index contributed by atoms with van der Waals surface area (Å²) in [5.41, 5.74) is 2.80. The first-order valence-corrected chi connectivity index (χ1v) is 5.31. The zero-order valence-electron chi connectivity index (χ0n) is 9.78. The topological polar surface area (TPSA) is 132 Å². The molecular formula is C10H11N7O2. The molecule has 0 bridgehead atoms. The highest BCUT2D eigenvalue weighted by Gasteiger charge is 2.21. The number of anilines is 2. The number of hydrogen-bond acceptors (Lipinski definition) is 8. The summed E-state index contributed by atoms with van der Waals surface area (Å²) in [4.78, 5) is 21.8. The van der Waals surface area contributed by atoms with Gasteiger partial charge >= 0.3 is 5.69 Å². The molecule has 4 N–H and O–H groups in total. The Balaban J connectivity index is 2.23. The molecule has 0 amide bonds. The van der Waals surface area contributed by atoms with E-state index < -0.39 is 4.92 Å². The van der Waals surface area contributed by atoms with Crippen molar-refractivity contribution in [2.45, 2.75) is 6.54 Å². The quantitative estimate of drug-likeness (QED) is 0.406. The second-order valence-electron chi connectivity index (χ2n) is 3.53. The molecule has 0 aromatic carbocycles. The molecule has 0 fully saturated rings. The second kappa shape index (κ2) is 5.69. The summed E-state index contributed by atoms with van der Waals surface area (Å²) in [6.07, 6.45) is 4.47. The molecule has 9 nitrogen and oxygen atoms in total. The molecule has 2 heterocycles. The molecule has 98 valence electrons. The highest BCUT2D eigenvalue weighted by atomic mass is 16.6. The van der Waals surface area contributed by atoms with Gasteiger partial charge in [0, 0.05) is 18.9 Å². The van der Waals surface area contributed by atoms with E-state index in [2.05, 4.69) is 25.7 Å². The third kappa shape index (κ3) is 2.90. The molecule has 0 atom stereocenters. The Labute approximate surface area is 108 Å². The number of nitro groups is 1. The van der Waals surface area contributed by atoms with Gasteiger partial charge in [-0.15, -0.1) is 0 Å². The minimum atomic E-state index is -0.593. The van der Waals surface area contributed by atoms with Crippen molar-refractivity contribution in [2.75, 3.05) is 10.7 Å². The minimum absolute atomic E-state index is 0.0442. The highest BCUT2D eigenvalue weighted by molar-refractivity contribution is 5.68.